The number of anilines is 1. The molecule has 1 saturated carbocycles. The summed E-state index contributed by atoms with van der Waals surface area (Å²) in [6, 6.07) is 0. The van der Waals surface area contributed by atoms with Crippen molar-refractivity contribution < 1.29 is 14.7 Å². The number of nitrogens with zero attached hydrogens (tertiary/aromatic N) is 2. The van der Waals surface area contributed by atoms with Gasteiger partial charge in [0.05, 0.1) is 0 Å². The Balaban J connectivity index is 2.13. The summed E-state index contributed by atoms with van der Waals surface area (Å²) in [6.07, 6.45) is 4.19. The maximum Gasteiger partial charge on any atom is 0.341 e. The van der Waals surface area contributed by atoms with E-state index in [1.807, 2.05) is 0 Å². The van der Waals surface area contributed by atoms with Gasteiger partial charge in [-0.3, -0.25) is 9.48 Å². The largest absolute Gasteiger partial charge is 0.477 e. The Morgan fingerprint density at radius 1 is 1.56 bits per heavy atom. The third kappa shape index (κ3) is 1.91. The smallest absolute Gasteiger partial charge is 0.341 e. The van der Waals surface area contributed by atoms with Crippen LogP contribution >= 0.6 is 0 Å². The first-order chi connectivity index (χ1) is 7.58. The Kier molecular flexibility index (Phi) is 2.64. The van der Waals surface area contributed by atoms with E-state index in [2.05, 4.69) is 10.4 Å². The standard InChI is InChI=1S/C10H13N3O3/c1-13-5-7(10(15)16)8(12-13)11-9(14)6-3-2-4-6/h5-6H,2-4H2,1H3,(H,15,16)(H,11,12,14). The summed E-state index contributed by atoms with van der Waals surface area (Å²) < 4.78 is 1.37. The Bertz CT molecular complexity index is 435. The van der Waals surface area contributed by atoms with E-state index in [1.54, 1.807) is 7.05 Å². The summed E-state index contributed by atoms with van der Waals surface area (Å²) in [5.41, 5.74) is 0.0233. The fourth-order valence-electron chi connectivity index (χ4n) is 1.63. The number of aromatic carboxylic acids is 1. The maximum atomic E-state index is 11.6. The minimum Gasteiger partial charge on any atom is -0.477 e. The molecule has 0 atom stereocenters. The first-order valence-electron chi connectivity index (χ1n) is 5.15. The summed E-state index contributed by atoms with van der Waals surface area (Å²) in [5.74, 6) is -1.07. The molecule has 6 heteroatoms. The van der Waals surface area contributed by atoms with Crippen LogP contribution in [0.15, 0.2) is 6.20 Å². The van der Waals surface area contributed by atoms with Gasteiger partial charge < -0.3 is 10.4 Å². The van der Waals surface area contributed by atoms with Crippen molar-refractivity contribution in [2.75, 3.05) is 5.32 Å². The lowest BCUT2D eigenvalue weighted by Gasteiger charge is -2.23. The number of hydrogen-bond donors (Lipinski definition) is 2. The van der Waals surface area contributed by atoms with Crippen LogP contribution in [0.3, 0.4) is 0 Å². The molecule has 86 valence electrons. The zero-order valence-electron chi connectivity index (χ0n) is 8.93. The van der Waals surface area contributed by atoms with E-state index >= 15 is 0 Å². The maximum absolute atomic E-state index is 11.6. The average molecular weight is 223 g/mol. The molecule has 1 heterocycles. The Morgan fingerprint density at radius 3 is 2.75 bits per heavy atom. The van der Waals surface area contributed by atoms with E-state index < -0.39 is 5.97 Å². The fourth-order valence-corrected chi connectivity index (χ4v) is 1.63. The highest BCUT2D eigenvalue weighted by Crippen LogP contribution is 2.27. The Labute approximate surface area is 92.3 Å². The van der Waals surface area contributed by atoms with E-state index in [1.165, 1.54) is 10.9 Å². The van der Waals surface area contributed by atoms with Crippen LogP contribution < -0.4 is 5.32 Å². The van der Waals surface area contributed by atoms with Crippen molar-refractivity contribution in [3.05, 3.63) is 11.8 Å². The van der Waals surface area contributed by atoms with Crippen molar-refractivity contribution in [1.82, 2.24) is 9.78 Å². The highest BCUT2D eigenvalue weighted by Gasteiger charge is 2.27. The Morgan fingerprint density at radius 2 is 2.25 bits per heavy atom. The summed E-state index contributed by atoms with van der Waals surface area (Å²) >= 11 is 0. The Hall–Kier alpha value is -1.85. The molecule has 1 aliphatic rings. The van der Waals surface area contributed by atoms with Crippen LogP contribution in [0.5, 0.6) is 0 Å². The zero-order valence-corrected chi connectivity index (χ0v) is 8.93. The molecule has 1 aromatic heterocycles. The van der Waals surface area contributed by atoms with Gasteiger partial charge in [-0.25, -0.2) is 4.79 Å². The normalized spacial score (nSPS) is 15.6. The minimum absolute atomic E-state index is 0.0173. The topological polar surface area (TPSA) is 84.2 Å². The molecule has 1 aromatic rings. The van der Waals surface area contributed by atoms with Crippen molar-refractivity contribution in [2.24, 2.45) is 13.0 Å². The predicted octanol–water partition coefficient (Wildman–Crippen LogP) is 0.857. The van der Waals surface area contributed by atoms with E-state index in [4.69, 9.17) is 5.11 Å². The quantitative estimate of drug-likeness (QED) is 0.795. The minimum atomic E-state index is -1.09. The van der Waals surface area contributed by atoms with Gasteiger partial charge in [0.2, 0.25) is 5.91 Å². The molecular weight excluding hydrogens is 210 g/mol. The number of aromatic nitrogens is 2. The summed E-state index contributed by atoms with van der Waals surface area (Å²) in [5, 5.41) is 15.4. The molecule has 2 N–H and O–H groups in total. The van der Waals surface area contributed by atoms with Crippen molar-refractivity contribution in [1.29, 1.82) is 0 Å². The molecule has 6 nitrogen and oxygen atoms in total. The molecule has 0 saturated heterocycles. The molecule has 0 aromatic carbocycles. The van der Waals surface area contributed by atoms with Crippen LogP contribution in [0.1, 0.15) is 29.6 Å². The number of carbonyl (C=O) groups excluding carboxylic acids is 1. The molecular formula is C10H13N3O3. The molecule has 1 fully saturated rings. The van der Waals surface area contributed by atoms with Gasteiger partial charge in [-0.1, -0.05) is 6.42 Å². The monoisotopic (exact) mass is 223 g/mol. The zero-order chi connectivity index (χ0) is 11.7. The van der Waals surface area contributed by atoms with Crippen molar-refractivity contribution in [2.45, 2.75) is 19.3 Å². The highest BCUT2D eigenvalue weighted by atomic mass is 16.4. The van der Waals surface area contributed by atoms with E-state index in [9.17, 15) is 9.59 Å². The van der Waals surface area contributed by atoms with Crippen LogP contribution in [0, 0.1) is 5.92 Å². The third-order valence-electron chi connectivity index (χ3n) is 2.78. The fraction of sp³-hybridized carbons (Fsp3) is 0.500. The third-order valence-corrected chi connectivity index (χ3v) is 2.78. The van der Waals surface area contributed by atoms with Gasteiger partial charge in [-0.05, 0) is 12.8 Å². The second-order valence-electron chi connectivity index (χ2n) is 3.99. The first kappa shape index (κ1) is 10.7. The number of aryl methyl sites for hydroxylation is 1. The number of carboxylic acids is 1. The van der Waals surface area contributed by atoms with Crippen molar-refractivity contribution in [3.63, 3.8) is 0 Å². The number of rotatable bonds is 3. The van der Waals surface area contributed by atoms with Gasteiger partial charge in [0, 0.05) is 19.2 Å². The lowest BCUT2D eigenvalue weighted by molar-refractivity contribution is -0.122. The molecule has 0 radical (unpaired) electrons. The van der Waals surface area contributed by atoms with Gasteiger partial charge in [0.25, 0.3) is 0 Å². The van der Waals surface area contributed by atoms with Crippen LogP contribution in [0.4, 0.5) is 5.82 Å². The molecule has 1 aliphatic carbocycles. The molecule has 1 amide bonds. The van der Waals surface area contributed by atoms with Crippen LogP contribution in [-0.4, -0.2) is 26.8 Å². The summed E-state index contributed by atoms with van der Waals surface area (Å²) in [6.45, 7) is 0. The average Bonchev–Trinajstić information content (AvgIpc) is 2.43. The molecule has 2 rings (SSSR count). The SMILES string of the molecule is Cn1cc(C(=O)O)c(NC(=O)C2CCC2)n1. The van der Waals surface area contributed by atoms with E-state index in [-0.39, 0.29) is 23.2 Å². The molecule has 0 unspecified atom stereocenters. The van der Waals surface area contributed by atoms with Crippen molar-refractivity contribution in [3.8, 4) is 0 Å². The number of nitrogens with one attached hydrogen (secondary N) is 1. The van der Waals surface area contributed by atoms with Crippen LogP contribution in [0.25, 0.3) is 0 Å². The molecule has 16 heavy (non-hydrogen) atoms. The second kappa shape index (κ2) is 3.96. The summed E-state index contributed by atoms with van der Waals surface area (Å²) in [4.78, 5) is 22.5. The van der Waals surface area contributed by atoms with Gasteiger partial charge in [0.15, 0.2) is 5.82 Å². The lowest BCUT2D eigenvalue weighted by atomic mass is 9.85. The second-order valence-corrected chi connectivity index (χ2v) is 3.99. The molecule has 0 spiro atoms. The van der Waals surface area contributed by atoms with Gasteiger partial charge in [0.1, 0.15) is 5.56 Å². The lowest BCUT2D eigenvalue weighted by Crippen LogP contribution is -2.28. The summed E-state index contributed by atoms with van der Waals surface area (Å²) in [7, 11) is 1.62. The first-order valence-corrected chi connectivity index (χ1v) is 5.15. The molecule has 0 aliphatic heterocycles. The van der Waals surface area contributed by atoms with E-state index in [0.717, 1.165) is 19.3 Å². The molecule has 0 bridgehead atoms. The number of amides is 1. The van der Waals surface area contributed by atoms with Crippen LogP contribution in [-0.2, 0) is 11.8 Å². The van der Waals surface area contributed by atoms with Gasteiger partial charge >= 0.3 is 5.97 Å². The van der Waals surface area contributed by atoms with E-state index in [0.29, 0.717) is 0 Å². The van der Waals surface area contributed by atoms with Crippen molar-refractivity contribution >= 4 is 17.7 Å². The number of carboxylic acid groups (broad SMARTS) is 1. The van der Waals surface area contributed by atoms with Gasteiger partial charge in [-0.2, -0.15) is 5.10 Å². The predicted molar refractivity (Wildman–Crippen MR) is 56.1 cm³/mol. The highest BCUT2D eigenvalue weighted by molar-refractivity contribution is 6.00. The number of hydrogen-bond acceptors (Lipinski definition) is 3. The number of carbonyl (C=O) groups is 2. The van der Waals surface area contributed by atoms with Crippen LogP contribution in [0.2, 0.25) is 0 Å². The van der Waals surface area contributed by atoms with Gasteiger partial charge in [-0.15, -0.1) is 0 Å².